The van der Waals surface area contributed by atoms with Crippen molar-refractivity contribution in [3.63, 3.8) is 0 Å². The second kappa shape index (κ2) is 3.36. The molecule has 1 saturated heterocycles. The molecule has 0 atom stereocenters. The maximum Gasteiger partial charge on any atom is 0.149 e. The molecule has 14 heavy (non-hydrogen) atoms. The van der Waals surface area contributed by atoms with Crippen molar-refractivity contribution in [2.24, 2.45) is 0 Å². The molecule has 4 nitrogen and oxygen atoms in total. The van der Waals surface area contributed by atoms with E-state index >= 15 is 0 Å². The van der Waals surface area contributed by atoms with Crippen LogP contribution < -0.4 is 16.4 Å². The quantitative estimate of drug-likeness (QED) is 0.700. The zero-order valence-electron chi connectivity index (χ0n) is 8.45. The van der Waals surface area contributed by atoms with Crippen molar-refractivity contribution in [3.05, 3.63) is 11.8 Å². The zero-order valence-corrected chi connectivity index (χ0v) is 8.45. The van der Waals surface area contributed by atoms with Crippen LogP contribution in [-0.4, -0.2) is 18.1 Å². The third kappa shape index (κ3) is 1.47. The number of rotatable bonds is 1. The largest absolute Gasteiger partial charge is 0.394 e. The third-order valence-electron chi connectivity index (χ3n) is 2.64. The second-order valence-corrected chi connectivity index (χ2v) is 3.78. The van der Waals surface area contributed by atoms with Crippen LogP contribution in [0.15, 0.2) is 6.07 Å². The number of pyridine rings is 1. The Labute approximate surface area is 83.9 Å². The first-order chi connectivity index (χ1) is 6.68. The summed E-state index contributed by atoms with van der Waals surface area (Å²) >= 11 is 0. The van der Waals surface area contributed by atoms with Crippen molar-refractivity contribution in [1.29, 1.82) is 0 Å². The van der Waals surface area contributed by atoms with Crippen molar-refractivity contribution in [1.82, 2.24) is 4.98 Å². The molecule has 0 bridgehead atoms. The van der Waals surface area contributed by atoms with E-state index in [0.717, 1.165) is 24.5 Å². The Bertz CT molecular complexity index is 342. The fraction of sp³-hybridized carbons (Fsp3) is 0.500. The molecule has 2 rings (SSSR count). The molecule has 76 valence electrons. The van der Waals surface area contributed by atoms with E-state index in [0.29, 0.717) is 11.5 Å². The Kier molecular flexibility index (Phi) is 2.19. The highest BCUT2D eigenvalue weighted by molar-refractivity contribution is 5.77. The molecular formula is C10H16N4. The molecule has 0 aliphatic carbocycles. The predicted octanol–water partition coefficient (Wildman–Crippen LogP) is 1.15. The SMILES string of the molecule is Cc1cc(N2CCCC2)c(N)c(N)n1. The van der Waals surface area contributed by atoms with Gasteiger partial charge >= 0.3 is 0 Å². The average molecular weight is 192 g/mol. The molecule has 4 N–H and O–H groups in total. The van der Waals surface area contributed by atoms with Crippen molar-refractivity contribution in [3.8, 4) is 0 Å². The van der Waals surface area contributed by atoms with E-state index < -0.39 is 0 Å². The Morgan fingerprint density at radius 2 is 1.93 bits per heavy atom. The van der Waals surface area contributed by atoms with Crippen LogP contribution in [0.2, 0.25) is 0 Å². The fourth-order valence-corrected chi connectivity index (χ4v) is 1.91. The van der Waals surface area contributed by atoms with Gasteiger partial charge in [0.05, 0.1) is 11.4 Å². The van der Waals surface area contributed by atoms with Gasteiger partial charge in [-0.05, 0) is 25.8 Å². The Morgan fingerprint density at radius 3 is 2.57 bits per heavy atom. The molecule has 0 unspecified atom stereocenters. The Morgan fingerprint density at radius 1 is 1.29 bits per heavy atom. The monoisotopic (exact) mass is 192 g/mol. The number of nitrogens with zero attached hydrogens (tertiary/aromatic N) is 2. The van der Waals surface area contributed by atoms with Crippen LogP contribution >= 0.6 is 0 Å². The fourth-order valence-electron chi connectivity index (χ4n) is 1.91. The molecule has 0 saturated carbocycles. The van der Waals surface area contributed by atoms with Crippen molar-refractivity contribution < 1.29 is 0 Å². The van der Waals surface area contributed by atoms with Gasteiger partial charge in [0, 0.05) is 18.8 Å². The molecule has 1 aromatic rings. The molecule has 2 heterocycles. The van der Waals surface area contributed by atoms with Gasteiger partial charge in [-0.3, -0.25) is 0 Å². The smallest absolute Gasteiger partial charge is 0.149 e. The van der Waals surface area contributed by atoms with Crippen LogP contribution in [0.3, 0.4) is 0 Å². The molecule has 0 aromatic carbocycles. The second-order valence-electron chi connectivity index (χ2n) is 3.78. The molecule has 4 heteroatoms. The number of aryl methyl sites for hydroxylation is 1. The van der Waals surface area contributed by atoms with Gasteiger partial charge in [-0.25, -0.2) is 4.98 Å². The maximum absolute atomic E-state index is 5.90. The number of anilines is 3. The first-order valence-corrected chi connectivity index (χ1v) is 4.96. The molecule has 1 aliphatic rings. The maximum atomic E-state index is 5.90. The summed E-state index contributed by atoms with van der Waals surface area (Å²) in [5.41, 5.74) is 14.2. The standard InChI is InChI=1S/C10H16N4/c1-7-6-8(9(11)10(12)13-7)14-4-2-3-5-14/h6H,2-5,11H2,1H3,(H2,12,13). The number of hydrogen-bond acceptors (Lipinski definition) is 4. The molecule has 1 aromatic heterocycles. The van der Waals surface area contributed by atoms with Crippen molar-refractivity contribution in [2.45, 2.75) is 19.8 Å². The van der Waals surface area contributed by atoms with Crippen LogP contribution in [0.4, 0.5) is 17.2 Å². The zero-order chi connectivity index (χ0) is 10.1. The topological polar surface area (TPSA) is 68.2 Å². The van der Waals surface area contributed by atoms with E-state index in [1.807, 2.05) is 13.0 Å². The first-order valence-electron chi connectivity index (χ1n) is 4.96. The van der Waals surface area contributed by atoms with Gasteiger partial charge in [0.1, 0.15) is 5.82 Å². The van der Waals surface area contributed by atoms with Crippen molar-refractivity contribution in [2.75, 3.05) is 29.5 Å². The Hall–Kier alpha value is -1.45. The van der Waals surface area contributed by atoms with E-state index in [9.17, 15) is 0 Å². The predicted molar refractivity (Wildman–Crippen MR) is 59.2 cm³/mol. The summed E-state index contributed by atoms with van der Waals surface area (Å²) in [6.45, 7) is 4.09. The van der Waals surface area contributed by atoms with Gasteiger partial charge in [-0.1, -0.05) is 0 Å². The molecule has 1 fully saturated rings. The highest BCUT2D eigenvalue weighted by Crippen LogP contribution is 2.30. The first kappa shape index (κ1) is 9.12. The normalized spacial score (nSPS) is 16.2. The van der Waals surface area contributed by atoms with Crippen LogP contribution in [0.25, 0.3) is 0 Å². The van der Waals surface area contributed by atoms with Crippen LogP contribution in [0.5, 0.6) is 0 Å². The molecular weight excluding hydrogens is 176 g/mol. The minimum Gasteiger partial charge on any atom is -0.394 e. The summed E-state index contributed by atoms with van der Waals surface area (Å²) < 4.78 is 0. The van der Waals surface area contributed by atoms with Gasteiger partial charge in [0.2, 0.25) is 0 Å². The van der Waals surface area contributed by atoms with E-state index in [4.69, 9.17) is 11.5 Å². The van der Waals surface area contributed by atoms with Gasteiger partial charge in [0.15, 0.2) is 0 Å². The summed E-state index contributed by atoms with van der Waals surface area (Å²) in [7, 11) is 0. The average Bonchev–Trinajstić information content (AvgIpc) is 2.63. The number of nitrogen functional groups attached to an aromatic ring is 2. The van der Waals surface area contributed by atoms with Gasteiger partial charge < -0.3 is 16.4 Å². The van der Waals surface area contributed by atoms with Crippen LogP contribution in [-0.2, 0) is 0 Å². The summed E-state index contributed by atoms with van der Waals surface area (Å²) in [6.07, 6.45) is 2.47. The highest BCUT2D eigenvalue weighted by atomic mass is 15.2. The van der Waals surface area contributed by atoms with E-state index in [1.54, 1.807) is 0 Å². The van der Waals surface area contributed by atoms with Crippen LogP contribution in [0, 0.1) is 6.92 Å². The van der Waals surface area contributed by atoms with Gasteiger partial charge in [-0.15, -0.1) is 0 Å². The van der Waals surface area contributed by atoms with E-state index in [-0.39, 0.29) is 0 Å². The minimum absolute atomic E-state index is 0.451. The Balaban J connectivity index is 2.40. The summed E-state index contributed by atoms with van der Waals surface area (Å²) in [6, 6.07) is 2.01. The van der Waals surface area contributed by atoms with Gasteiger partial charge in [0.25, 0.3) is 0 Å². The van der Waals surface area contributed by atoms with E-state index in [2.05, 4.69) is 9.88 Å². The number of nitrogens with two attached hydrogens (primary N) is 2. The summed E-state index contributed by atoms with van der Waals surface area (Å²) in [5.74, 6) is 0.451. The third-order valence-corrected chi connectivity index (χ3v) is 2.64. The lowest BCUT2D eigenvalue weighted by Gasteiger charge is -2.20. The van der Waals surface area contributed by atoms with Crippen LogP contribution in [0.1, 0.15) is 18.5 Å². The molecule has 0 amide bonds. The summed E-state index contributed by atoms with van der Waals surface area (Å²) in [4.78, 5) is 6.41. The number of hydrogen-bond donors (Lipinski definition) is 2. The van der Waals surface area contributed by atoms with Crippen molar-refractivity contribution >= 4 is 17.2 Å². The lowest BCUT2D eigenvalue weighted by Crippen LogP contribution is -2.20. The molecule has 1 aliphatic heterocycles. The number of aromatic nitrogens is 1. The van der Waals surface area contributed by atoms with Gasteiger partial charge in [-0.2, -0.15) is 0 Å². The summed E-state index contributed by atoms with van der Waals surface area (Å²) in [5, 5.41) is 0. The lowest BCUT2D eigenvalue weighted by molar-refractivity contribution is 0.949. The molecule has 0 spiro atoms. The highest BCUT2D eigenvalue weighted by Gasteiger charge is 2.16. The lowest BCUT2D eigenvalue weighted by atomic mass is 10.2. The molecule has 0 radical (unpaired) electrons. The minimum atomic E-state index is 0.451. The van der Waals surface area contributed by atoms with E-state index in [1.165, 1.54) is 12.8 Å².